The molecule has 160 valence electrons. The van der Waals surface area contributed by atoms with Crippen molar-refractivity contribution in [1.82, 2.24) is 4.90 Å². The van der Waals surface area contributed by atoms with Crippen molar-refractivity contribution in [3.05, 3.63) is 54.1 Å². The maximum absolute atomic E-state index is 12.3. The lowest BCUT2D eigenvalue weighted by atomic mass is 10.1. The van der Waals surface area contributed by atoms with Gasteiger partial charge in [-0.05, 0) is 42.3 Å². The second kappa shape index (κ2) is 11.0. The van der Waals surface area contributed by atoms with Gasteiger partial charge in [0, 0.05) is 43.5 Å². The Hall–Kier alpha value is -3.35. The fourth-order valence-electron chi connectivity index (χ4n) is 2.66. The summed E-state index contributed by atoms with van der Waals surface area (Å²) in [5.41, 5.74) is 3.10. The molecule has 0 heterocycles. The molecule has 0 fully saturated rings. The third kappa shape index (κ3) is 7.58. The van der Waals surface area contributed by atoms with Crippen molar-refractivity contribution in [2.75, 3.05) is 36.6 Å². The van der Waals surface area contributed by atoms with E-state index in [2.05, 4.69) is 16.0 Å². The van der Waals surface area contributed by atoms with Crippen molar-refractivity contribution in [2.45, 2.75) is 26.7 Å². The van der Waals surface area contributed by atoms with Crippen LogP contribution in [-0.2, 0) is 20.8 Å². The molecule has 3 amide bonds. The zero-order valence-corrected chi connectivity index (χ0v) is 18.0. The lowest BCUT2D eigenvalue weighted by molar-refractivity contribution is -0.128. The number of nitrogens with one attached hydrogen (secondary N) is 3. The molecule has 7 nitrogen and oxygen atoms in total. The first-order chi connectivity index (χ1) is 14.2. The van der Waals surface area contributed by atoms with Crippen LogP contribution in [0.25, 0.3) is 0 Å². The first kappa shape index (κ1) is 22.9. The van der Waals surface area contributed by atoms with Gasteiger partial charge in [0.1, 0.15) is 0 Å². The largest absolute Gasteiger partial charge is 0.376 e. The minimum absolute atomic E-state index is 0.0583. The number of aryl methyl sites for hydroxylation is 1. The zero-order chi connectivity index (χ0) is 22.1. The van der Waals surface area contributed by atoms with Gasteiger partial charge in [-0.2, -0.15) is 0 Å². The maximum Gasteiger partial charge on any atom is 0.243 e. The zero-order valence-electron chi connectivity index (χ0n) is 18.0. The van der Waals surface area contributed by atoms with E-state index in [0.29, 0.717) is 24.2 Å². The van der Waals surface area contributed by atoms with Gasteiger partial charge in [0.15, 0.2) is 0 Å². The Morgan fingerprint density at radius 3 is 2.20 bits per heavy atom. The standard InChI is InChI=1S/C23H30N4O3/c1-16(2)23(30)26-20-10-6-8-18(14-20)24-15-21(28)25-19-9-5-7-17(13-19)11-12-22(29)27(3)4/h5-10,13-14,16,24H,11-12,15H2,1-4H3,(H,25,28)(H,26,30). The van der Waals surface area contributed by atoms with Crippen molar-refractivity contribution in [3.63, 3.8) is 0 Å². The molecule has 0 spiro atoms. The molecular formula is C23H30N4O3. The van der Waals surface area contributed by atoms with Gasteiger partial charge >= 0.3 is 0 Å². The summed E-state index contributed by atoms with van der Waals surface area (Å²) >= 11 is 0. The fourth-order valence-corrected chi connectivity index (χ4v) is 2.66. The number of rotatable bonds is 9. The Morgan fingerprint density at radius 1 is 0.900 bits per heavy atom. The average molecular weight is 411 g/mol. The summed E-state index contributed by atoms with van der Waals surface area (Å²) < 4.78 is 0. The van der Waals surface area contributed by atoms with E-state index in [-0.39, 0.29) is 30.2 Å². The van der Waals surface area contributed by atoms with E-state index in [9.17, 15) is 14.4 Å². The Bertz CT molecular complexity index is 894. The van der Waals surface area contributed by atoms with Crippen molar-refractivity contribution in [3.8, 4) is 0 Å². The highest BCUT2D eigenvalue weighted by molar-refractivity contribution is 5.94. The van der Waals surface area contributed by atoms with Crippen LogP contribution in [0.3, 0.4) is 0 Å². The normalized spacial score (nSPS) is 10.4. The molecule has 7 heteroatoms. The molecule has 0 aromatic heterocycles. The van der Waals surface area contributed by atoms with Gasteiger partial charge in [-0.3, -0.25) is 14.4 Å². The number of anilines is 3. The number of nitrogens with zero attached hydrogens (tertiary/aromatic N) is 1. The predicted octanol–water partition coefficient (Wildman–Crippen LogP) is 3.35. The van der Waals surface area contributed by atoms with Crippen LogP contribution in [0.4, 0.5) is 17.1 Å². The minimum Gasteiger partial charge on any atom is -0.376 e. The summed E-state index contributed by atoms with van der Waals surface area (Å²) in [6.45, 7) is 3.75. The van der Waals surface area contributed by atoms with Crippen molar-refractivity contribution >= 4 is 34.8 Å². The first-order valence-electron chi connectivity index (χ1n) is 9.98. The molecule has 0 atom stereocenters. The van der Waals surface area contributed by atoms with Gasteiger partial charge in [-0.25, -0.2) is 0 Å². The monoisotopic (exact) mass is 410 g/mol. The van der Waals surface area contributed by atoms with E-state index in [4.69, 9.17) is 0 Å². The molecule has 2 aromatic rings. The number of hydrogen-bond donors (Lipinski definition) is 3. The van der Waals surface area contributed by atoms with Crippen molar-refractivity contribution in [2.24, 2.45) is 5.92 Å². The van der Waals surface area contributed by atoms with Crippen LogP contribution in [0.15, 0.2) is 48.5 Å². The van der Waals surface area contributed by atoms with Gasteiger partial charge in [-0.1, -0.05) is 32.0 Å². The number of amides is 3. The van der Waals surface area contributed by atoms with Gasteiger partial charge in [0.2, 0.25) is 17.7 Å². The molecule has 3 N–H and O–H groups in total. The van der Waals surface area contributed by atoms with E-state index in [1.807, 2.05) is 50.2 Å². The van der Waals surface area contributed by atoms with E-state index in [0.717, 1.165) is 11.3 Å². The number of carbonyl (C=O) groups is 3. The molecule has 0 aliphatic heterocycles. The van der Waals surface area contributed by atoms with Gasteiger partial charge in [0.05, 0.1) is 6.54 Å². The van der Waals surface area contributed by atoms with Crippen molar-refractivity contribution < 1.29 is 14.4 Å². The van der Waals surface area contributed by atoms with Gasteiger partial charge < -0.3 is 20.9 Å². The number of carbonyl (C=O) groups excluding carboxylic acids is 3. The third-order valence-corrected chi connectivity index (χ3v) is 4.44. The van der Waals surface area contributed by atoms with E-state index in [1.54, 1.807) is 31.1 Å². The summed E-state index contributed by atoms with van der Waals surface area (Å²) in [6.07, 6.45) is 1.05. The molecule has 0 aliphatic rings. The molecule has 2 aromatic carbocycles. The Labute approximate surface area is 177 Å². The second-order valence-corrected chi connectivity index (χ2v) is 7.62. The Kier molecular flexibility index (Phi) is 8.41. The highest BCUT2D eigenvalue weighted by atomic mass is 16.2. The van der Waals surface area contributed by atoms with Gasteiger partial charge in [0.25, 0.3) is 0 Å². The quantitative estimate of drug-likeness (QED) is 0.591. The molecule has 0 bridgehead atoms. The lowest BCUT2D eigenvalue weighted by Gasteiger charge is -2.12. The SMILES string of the molecule is CC(C)C(=O)Nc1cccc(NCC(=O)Nc2cccc(CCC(=O)N(C)C)c2)c1. The summed E-state index contributed by atoms with van der Waals surface area (Å²) in [4.78, 5) is 37.4. The fraction of sp³-hybridized carbons (Fsp3) is 0.348. The van der Waals surface area contributed by atoms with Crippen LogP contribution in [0.5, 0.6) is 0 Å². The third-order valence-electron chi connectivity index (χ3n) is 4.44. The molecular weight excluding hydrogens is 380 g/mol. The number of hydrogen-bond acceptors (Lipinski definition) is 4. The van der Waals surface area contributed by atoms with Crippen LogP contribution < -0.4 is 16.0 Å². The summed E-state index contributed by atoms with van der Waals surface area (Å²) in [5.74, 6) is -0.283. The first-order valence-corrected chi connectivity index (χ1v) is 9.98. The summed E-state index contributed by atoms with van der Waals surface area (Å²) in [6, 6.07) is 14.7. The van der Waals surface area contributed by atoms with E-state index >= 15 is 0 Å². The Balaban J connectivity index is 1.87. The molecule has 0 aliphatic carbocycles. The van der Waals surface area contributed by atoms with Crippen LogP contribution in [-0.4, -0.2) is 43.3 Å². The number of benzene rings is 2. The van der Waals surface area contributed by atoms with Crippen molar-refractivity contribution in [1.29, 1.82) is 0 Å². The molecule has 2 rings (SSSR count). The predicted molar refractivity (Wildman–Crippen MR) is 120 cm³/mol. The summed E-state index contributed by atoms with van der Waals surface area (Å²) in [7, 11) is 3.47. The molecule has 0 radical (unpaired) electrons. The molecule has 30 heavy (non-hydrogen) atoms. The highest BCUT2D eigenvalue weighted by Crippen LogP contribution is 2.16. The molecule has 0 unspecified atom stereocenters. The lowest BCUT2D eigenvalue weighted by Crippen LogP contribution is -2.22. The van der Waals surface area contributed by atoms with Crippen LogP contribution in [0.1, 0.15) is 25.8 Å². The highest BCUT2D eigenvalue weighted by Gasteiger charge is 2.09. The minimum atomic E-state index is -0.187. The van der Waals surface area contributed by atoms with E-state index in [1.165, 1.54) is 0 Å². The van der Waals surface area contributed by atoms with Crippen LogP contribution in [0.2, 0.25) is 0 Å². The van der Waals surface area contributed by atoms with E-state index < -0.39 is 0 Å². The molecule has 0 saturated heterocycles. The molecule has 0 saturated carbocycles. The summed E-state index contributed by atoms with van der Waals surface area (Å²) in [5, 5.41) is 8.76. The average Bonchev–Trinajstić information content (AvgIpc) is 2.71. The Morgan fingerprint density at radius 2 is 1.53 bits per heavy atom. The van der Waals surface area contributed by atoms with Crippen LogP contribution in [0, 0.1) is 5.92 Å². The maximum atomic E-state index is 12.3. The topological polar surface area (TPSA) is 90.5 Å². The van der Waals surface area contributed by atoms with Crippen LogP contribution >= 0.6 is 0 Å². The smallest absolute Gasteiger partial charge is 0.243 e. The second-order valence-electron chi connectivity index (χ2n) is 7.62. The van der Waals surface area contributed by atoms with Gasteiger partial charge in [-0.15, -0.1) is 0 Å².